The fourth-order valence-corrected chi connectivity index (χ4v) is 2.52. The summed E-state index contributed by atoms with van der Waals surface area (Å²) in [7, 11) is 0. The van der Waals surface area contributed by atoms with Crippen LogP contribution >= 0.6 is 0 Å². The van der Waals surface area contributed by atoms with Crippen molar-refractivity contribution in [2.24, 2.45) is 5.92 Å². The summed E-state index contributed by atoms with van der Waals surface area (Å²) in [5.74, 6) is -1.20. The molecule has 0 saturated carbocycles. The molecule has 0 radical (unpaired) electrons. The molecule has 4 heteroatoms. The molecule has 1 atom stereocenters. The summed E-state index contributed by atoms with van der Waals surface area (Å²) < 4.78 is 38.3. The molecule has 1 aliphatic heterocycles. The van der Waals surface area contributed by atoms with Gasteiger partial charge >= 0.3 is 6.18 Å². The molecule has 0 aromatic carbocycles. The molecule has 1 saturated heterocycles. The minimum Gasteiger partial charge on any atom is -0.375 e. The topological polar surface area (TPSA) is 3.24 Å². The Labute approximate surface area is 87.9 Å². The van der Waals surface area contributed by atoms with Crippen LogP contribution in [0.4, 0.5) is 13.2 Å². The molecule has 15 heavy (non-hydrogen) atoms. The van der Waals surface area contributed by atoms with Crippen molar-refractivity contribution in [1.29, 1.82) is 0 Å². The summed E-state index contributed by atoms with van der Waals surface area (Å²) in [6.45, 7) is 1.61. The van der Waals surface area contributed by atoms with Crippen LogP contribution in [0.5, 0.6) is 0 Å². The first-order chi connectivity index (χ1) is 7.09. The molecule has 2 aliphatic rings. The van der Waals surface area contributed by atoms with Crippen molar-refractivity contribution in [2.75, 3.05) is 13.1 Å². The van der Waals surface area contributed by atoms with Crippen LogP contribution in [0.25, 0.3) is 0 Å². The van der Waals surface area contributed by atoms with Crippen LogP contribution in [-0.2, 0) is 0 Å². The first kappa shape index (κ1) is 10.8. The van der Waals surface area contributed by atoms with E-state index in [9.17, 15) is 13.2 Å². The maximum absolute atomic E-state index is 12.8. The van der Waals surface area contributed by atoms with Gasteiger partial charge < -0.3 is 4.90 Å². The molecule has 1 heterocycles. The van der Waals surface area contributed by atoms with Gasteiger partial charge in [-0.1, -0.05) is 6.08 Å². The summed E-state index contributed by atoms with van der Waals surface area (Å²) in [4.78, 5) is 1.93. The number of likely N-dealkylation sites (tertiary alicyclic amines) is 1. The van der Waals surface area contributed by atoms with Crippen molar-refractivity contribution in [3.63, 3.8) is 0 Å². The Morgan fingerprint density at radius 3 is 2.40 bits per heavy atom. The Hall–Kier alpha value is -0.670. The molecule has 1 unspecified atom stereocenters. The van der Waals surface area contributed by atoms with Gasteiger partial charge in [-0.2, -0.15) is 13.2 Å². The average molecular weight is 219 g/mol. The second-order valence-electron chi connectivity index (χ2n) is 4.35. The third-order valence-corrected chi connectivity index (χ3v) is 3.27. The van der Waals surface area contributed by atoms with Crippen LogP contribution in [0, 0.1) is 5.92 Å². The zero-order valence-electron chi connectivity index (χ0n) is 8.69. The van der Waals surface area contributed by atoms with Crippen molar-refractivity contribution in [2.45, 2.75) is 38.3 Å². The fraction of sp³-hybridized carbons (Fsp3) is 0.818. The van der Waals surface area contributed by atoms with Crippen molar-refractivity contribution >= 4 is 0 Å². The van der Waals surface area contributed by atoms with Gasteiger partial charge in [-0.25, -0.2) is 0 Å². The highest BCUT2D eigenvalue weighted by molar-refractivity contribution is 5.12. The van der Waals surface area contributed by atoms with Gasteiger partial charge in [0.25, 0.3) is 0 Å². The Bertz CT molecular complexity index is 251. The van der Waals surface area contributed by atoms with Crippen molar-refractivity contribution in [3.8, 4) is 0 Å². The number of allylic oxidation sites excluding steroid dienone is 2. The van der Waals surface area contributed by atoms with E-state index in [2.05, 4.69) is 0 Å². The molecule has 0 bridgehead atoms. The van der Waals surface area contributed by atoms with Gasteiger partial charge in [-0.3, -0.25) is 0 Å². The van der Waals surface area contributed by atoms with Crippen molar-refractivity contribution in [1.82, 2.24) is 4.90 Å². The standard InChI is InChI=1S/C11H16F3N/c12-11(13,14)9-5-1-2-6-10(9)15-7-3-4-8-15/h6,9H,1-5,7-8H2. The lowest BCUT2D eigenvalue weighted by atomic mass is 9.91. The minimum atomic E-state index is -4.06. The van der Waals surface area contributed by atoms with Gasteiger partial charge in [-0.15, -0.1) is 0 Å². The predicted molar refractivity (Wildman–Crippen MR) is 52.3 cm³/mol. The van der Waals surface area contributed by atoms with Crippen LogP contribution in [0.3, 0.4) is 0 Å². The first-order valence-corrected chi connectivity index (χ1v) is 5.61. The second kappa shape index (κ2) is 4.06. The Balaban J connectivity index is 2.15. The van der Waals surface area contributed by atoms with Crippen LogP contribution < -0.4 is 0 Å². The average Bonchev–Trinajstić information content (AvgIpc) is 2.69. The number of hydrogen-bond donors (Lipinski definition) is 0. The van der Waals surface area contributed by atoms with E-state index in [1.165, 1.54) is 0 Å². The van der Waals surface area contributed by atoms with Gasteiger partial charge in [0.1, 0.15) is 0 Å². The highest BCUT2D eigenvalue weighted by Gasteiger charge is 2.44. The molecule has 1 aliphatic carbocycles. The maximum Gasteiger partial charge on any atom is 0.397 e. The Morgan fingerprint density at radius 2 is 1.80 bits per heavy atom. The third-order valence-electron chi connectivity index (χ3n) is 3.27. The highest BCUT2D eigenvalue weighted by Crippen LogP contribution is 2.40. The number of hydrogen-bond acceptors (Lipinski definition) is 1. The lowest BCUT2D eigenvalue weighted by Crippen LogP contribution is -2.34. The number of rotatable bonds is 1. The van der Waals surface area contributed by atoms with Crippen LogP contribution in [-0.4, -0.2) is 24.2 Å². The van der Waals surface area contributed by atoms with E-state index in [1.54, 1.807) is 6.08 Å². The zero-order valence-corrected chi connectivity index (χ0v) is 8.69. The van der Waals surface area contributed by atoms with Gasteiger partial charge in [0.2, 0.25) is 0 Å². The summed E-state index contributed by atoms with van der Waals surface area (Å²) in [5, 5.41) is 0. The van der Waals surface area contributed by atoms with Crippen LogP contribution in [0.1, 0.15) is 32.1 Å². The van der Waals surface area contributed by atoms with E-state index in [0.717, 1.165) is 32.4 Å². The van der Waals surface area contributed by atoms with Crippen molar-refractivity contribution in [3.05, 3.63) is 11.8 Å². The molecule has 1 fully saturated rings. The molecular formula is C11H16F3N. The number of halogens is 3. The van der Waals surface area contributed by atoms with Gasteiger partial charge in [0.15, 0.2) is 0 Å². The van der Waals surface area contributed by atoms with E-state index in [4.69, 9.17) is 0 Å². The smallest absolute Gasteiger partial charge is 0.375 e. The predicted octanol–water partition coefficient (Wildman–Crippen LogP) is 3.33. The molecule has 0 aromatic heterocycles. The SMILES string of the molecule is FC(F)(F)C1CCCC=C1N1CCCC1. The maximum atomic E-state index is 12.8. The first-order valence-electron chi connectivity index (χ1n) is 5.61. The minimum absolute atomic E-state index is 0.270. The van der Waals surface area contributed by atoms with Crippen LogP contribution in [0.15, 0.2) is 11.8 Å². The second-order valence-corrected chi connectivity index (χ2v) is 4.35. The molecule has 1 nitrogen and oxygen atoms in total. The monoisotopic (exact) mass is 219 g/mol. The van der Waals surface area contributed by atoms with Crippen molar-refractivity contribution < 1.29 is 13.2 Å². The van der Waals surface area contributed by atoms with Gasteiger partial charge in [0, 0.05) is 18.8 Å². The summed E-state index contributed by atoms with van der Waals surface area (Å²) in [6, 6.07) is 0. The van der Waals surface area contributed by atoms with E-state index >= 15 is 0 Å². The Morgan fingerprint density at radius 1 is 1.13 bits per heavy atom. The van der Waals surface area contributed by atoms with E-state index in [1.807, 2.05) is 4.90 Å². The van der Waals surface area contributed by atoms with E-state index in [-0.39, 0.29) is 6.42 Å². The lowest BCUT2D eigenvalue weighted by molar-refractivity contribution is -0.171. The van der Waals surface area contributed by atoms with E-state index in [0.29, 0.717) is 12.1 Å². The highest BCUT2D eigenvalue weighted by atomic mass is 19.4. The van der Waals surface area contributed by atoms with Gasteiger partial charge in [-0.05, 0) is 32.1 Å². The summed E-state index contributed by atoms with van der Waals surface area (Å²) >= 11 is 0. The zero-order chi connectivity index (χ0) is 10.9. The summed E-state index contributed by atoms with van der Waals surface area (Å²) in [5.41, 5.74) is 0.547. The molecule has 0 amide bonds. The molecule has 0 spiro atoms. The molecule has 0 aromatic rings. The fourth-order valence-electron chi connectivity index (χ4n) is 2.52. The summed E-state index contributed by atoms with van der Waals surface area (Å²) in [6.07, 6.45) is 1.54. The lowest BCUT2D eigenvalue weighted by Gasteiger charge is -2.33. The quantitative estimate of drug-likeness (QED) is 0.653. The molecule has 0 N–H and O–H groups in total. The number of nitrogens with zero attached hydrogens (tertiary/aromatic N) is 1. The molecule has 2 rings (SSSR count). The third kappa shape index (κ3) is 2.29. The van der Waals surface area contributed by atoms with Gasteiger partial charge in [0.05, 0.1) is 5.92 Å². The Kier molecular flexibility index (Phi) is 2.94. The normalized spacial score (nSPS) is 28.1. The molecule has 86 valence electrons. The van der Waals surface area contributed by atoms with E-state index < -0.39 is 12.1 Å². The van der Waals surface area contributed by atoms with Crippen LogP contribution in [0.2, 0.25) is 0 Å². The largest absolute Gasteiger partial charge is 0.397 e. The number of alkyl halides is 3. The molecular weight excluding hydrogens is 203 g/mol.